The molecule has 0 aliphatic heterocycles. The van der Waals surface area contributed by atoms with Crippen molar-refractivity contribution >= 4 is 29.1 Å². The fraction of sp³-hybridized carbons (Fsp3) is 0.278. The van der Waals surface area contributed by atoms with Gasteiger partial charge in [-0.05, 0) is 30.5 Å². The minimum Gasteiger partial charge on any atom is -0.292 e. The Kier molecular flexibility index (Phi) is 6.34. The average molecular weight is 319 g/mol. The summed E-state index contributed by atoms with van der Waals surface area (Å²) < 4.78 is -0.589. The van der Waals surface area contributed by atoms with Crippen LogP contribution in [0.25, 0.3) is 0 Å². The molecule has 1 atom stereocenters. The van der Waals surface area contributed by atoms with Crippen molar-refractivity contribution in [1.29, 1.82) is 0 Å². The molecule has 21 heavy (non-hydrogen) atoms. The molecule has 0 aliphatic rings. The predicted octanol–water partition coefficient (Wildman–Crippen LogP) is 5.57. The number of halogens is 1. The van der Waals surface area contributed by atoms with Crippen LogP contribution in [0.15, 0.2) is 59.5 Å². The minimum atomic E-state index is -0.589. The molecule has 1 unspecified atom stereocenters. The number of rotatable bonds is 7. The Balaban J connectivity index is 1.96. The summed E-state index contributed by atoms with van der Waals surface area (Å²) in [5.41, 5.74) is 1.99. The molecule has 0 heterocycles. The molecule has 0 fully saturated rings. The lowest BCUT2D eigenvalue weighted by atomic mass is 10.1. The van der Waals surface area contributed by atoms with Crippen LogP contribution in [0.5, 0.6) is 0 Å². The smallest absolute Gasteiger partial charge is 0.191 e. The molecule has 2 aromatic rings. The van der Waals surface area contributed by atoms with Crippen LogP contribution >= 0.6 is 23.4 Å². The van der Waals surface area contributed by atoms with Gasteiger partial charge in [0.1, 0.15) is 4.71 Å². The van der Waals surface area contributed by atoms with Gasteiger partial charge in [0, 0.05) is 10.5 Å². The lowest BCUT2D eigenvalue weighted by Crippen LogP contribution is -2.10. The predicted molar refractivity (Wildman–Crippen MR) is 91.3 cm³/mol. The quantitative estimate of drug-likeness (QED) is 0.377. The van der Waals surface area contributed by atoms with Crippen molar-refractivity contribution in [2.45, 2.75) is 35.8 Å². The summed E-state index contributed by atoms with van der Waals surface area (Å²) >= 11 is 7.63. The third-order valence-electron chi connectivity index (χ3n) is 3.25. The van der Waals surface area contributed by atoms with Gasteiger partial charge in [-0.1, -0.05) is 67.6 Å². The van der Waals surface area contributed by atoms with Crippen LogP contribution < -0.4 is 0 Å². The number of carbonyl (C=O) groups is 1. The Morgan fingerprint density at radius 2 is 1.76 bits per heavy atom. The average Bonchev–Trinajstić information content (AvgIpc) is 2.54. The second-order valence-electron chi connectivity index (χ2n) is 4.91. The highest BCUT2D eigenvalue weighted by atomic mass is 35.5. The van der Waals surface area contributed by atoms with E-state index in [1.165, 1.54) is 30.2 Å². The molecule has 0 aromatic heterocycles. The van der Waals surface area contributed by atoms with Crippen molar-refractivity contribution in [3.05, 3.63) is 65.7 Å². The number of thioether (sulfide) groups is 1. The molecule has 0 saturated carbocycles. The SMILES string of the molecule is CCCCc1ccc(SC(Cl)C(=O)c2ccccc2)cc1. The van der Waals surface area contributed by atoms with Gasteiger partial charge in [0.05, 0.1) is 0 Å². The zero-order chi connectivity index (χ0) is 15.1. The molecule has 0 saturated heterocycles. The number of ketones is 1. The fourth-order valence-corrected chi connectivity index (χ4v) is 3.23. The number of Topliss-reactive ketones (excluding diaryl/α,β-unsaturated/α-hetero) is 1. The maximum atomic E-state index is 12.2. The summed E-state index contributed by atoms with van der Waals surface area (Å²) in [6.07, 6.45) is 3.51. The molecule has 0 bridgehead atoms. The Hall–Kier alpha value is -1.25. The summed E-state index contributed by atoms with van der Waals surface area (Å²) in [4.78, 5) is 13.2. The molecule has 110 valence electrons. The molecule has 2 rings (SSSR count). The van der Waals surface area contributed by atoms with Crippen LogP contribution in [0.1, 0.15) is 35.7 Å². The molecule has 3 heteroatoms. The van der Waals surface area contributed by atoms with Crippen LogP contribution in [-0.2, 0) is 6.42 Å². The molecule has 0 aliphatic carbocycles. The fourth-order valence-electron chi connectivity index (χ4n) is 2.02. The molecule has 0 amide bonds. The highest BCUT2D eigenvalue weighted by Crippen LogP contribution is 2.28. The maximum absolute atomic E-state index is 12.2. The third kappa shape index (κ3) is 4.90. The summed E-state index contributed by atoms with van der Waals surface area (Å²) in [7, 11) is 0. The van der Waals surface area contributed by atoms with Gasteiger partial charge in [-0.15, -0.1) is 11.6 Å². The zero-order valence-electron chi connectivity index (χ0n) is 12.1. The van der Waals surface area contributed by atoms with E-state index in [0.717, 1.165) is 11.3 Å². The van der Waals surface area contributed by atoms with Gasteiger partial charge in [-0.3, -0.25) is 4.79 Å². The Bertz CT molecular complexity index is 566. The molecule has 0 radical (unpaired) electrons. The lowest BCUT2D eigenvalue weighted by Gasteiger charge is -2.09. The van der Waals surface area contributed by atoms with Crippen LogP contribution in [0.2, 0.25) is 0 Å². The van der Waals surface area contributed by atoms with E-state index in [0.29, 0.717) is 5.56 Å². The van der Waals surface area contributed by atoms with Gasteiger partial charge in [0.15, 0.2) is 5.78 Å². The molecule has 1 nitrogen and oxygen atoms in total. The first-order valence-electron chi connectivity index (χ1n) is 7.19. The summed E-state index contributed by atoms with van der Waals surface area (Å²) in [6.45, 7) is 2.19. The van der Waals surface area contributed by atoms with E-state index in [9.17, 15) is 4.79 Å². The number of aryl methyl sites for hydroxylation is 1. The van der Waals surface area contributed by atoms with Gasteiger partial charge >= 0.3 is 0 Å². The van der Waals surface area contributed by atoms with Crippen molar-refractivity contribution in [3.63, 3.8) is 0 Å². The van der Waals surface area contributed by atoms with Gasteiger partial charge in [0.2, 0.25) is 0 Å². The van der Waals surface area contributed by atoms with Gasteiger partial charge < -0.3 is 0 Å². The van der Waals surface area contributed by atoms with E-state index < -0.39 is 4.71 Å². The summed E-state index contributed by atoms with van der Waals surface area (Å²) in [5, 5.41) is 0. The number of benzene rings is 2. The maximum Gasteiger partial charge on any atom is 0.191 e. The van der Waals surface area contributed by atoms with Crippen LogP contribution in [0.3, 0.4) is 0 Å². The normalized spacial score (nSPS) is 12.1. The number of hydrogen-bond donors (Lipinski definition) is 0. The highest BCUT2D eigenvalue weighted by molar-refractivity contribution is 8.01. The Labute approximate surface area is 135 Å². The first kappa shape index (κ1) is 16.1. The van der Waals surface area contributed by atoms with E-state index in [1.807, 2.05) is 30.3 Å². The second kappa shape index (κ2) is 8.26. The third-order valence-corrected chi connectivity index (χ3v) is 4.68. The van der Waals surface area contributed by atoms with Gasteiger partial charge in [0.25, 0.3) is 0 Å². The number of carbonyl (C=O) groups excluding carboxylic acids is 1. The summed E-state index contributed by atoms with van der Waals surface area (Å²) in [6, 6.07) is 17.5. The number of alkyl halides is 1. The first-order valence-corrected chi connectivity index (χ1v) is 8.51. The Morgan fingerprint density at radius 1 is 1.10 bits per heavy atom. The van der Waals surface area contributed by atoms with Crippen molar-refractivity contribution in [2.75, 3.05) is 0 Å². The van der Waals surface area contributed by atoms with Crippen molar-refractivity contribution in [3.8, 4) is 0 Å². The largest absolute Gasteiger partial charge is 0.292 e. The standard InChI is InChI=1S/C18H19ClOS/c1-2-3-7-14-10-12-16(13-11-14)21-18(19)17(20)15-8-5-4-6-9-15/h4-6,8-13,18H,2-3,7H2,1H3. The van der Waals surface area contributed by atoms with E-state index in [2.05, 4.69) is 19.1 Å². The van der Waals surface area contributed by atoms with Crippen molar-refractivity contribution in [1.82, 2.24) is 0 Å². The van der Waals surface area contributed by atoms with E-state index in [-0.39, 0.29) is 5.78 Å². The molecule has 0 N–H and O–H groups in total. The number of unbranched alkanes of at least 4 members (excludes halogenated alkanes) is 1. The highest BCUT2D eigenvalue weighted by Gasteiger charge is 2.18. The zero-order valence-corrected chi connectivity index (χ0v) is 13.7. The topological polar surface area (TPSA) is 17.1 Å². The van der Waals surface area contributed by atoms with Gasteiger partial charge in [-0.25, -0.2) is 0 Å². The van der Waals surface area contributed by atoms with Crippen molar-refractivity contribution < 1.29 is 4.79 Å². The Morgan fingerprint density at radius 3 is 2.38 bits per heavy atom. The van der Waals surface area contributed by atoms with Crippen LogP contribution in [-0.4, -0.2) is 10.5 Å². The number of hydrogen-bond acceptors (Lipinski definition) is 2. The van der Waals surface area contributed by atoms with Crippen LogP contribution in [0.4, 0.5) is 0 Å². The van der Waals surface area contributed by atoms with Gasteiger partial charge in [-0.2, -0.15) is 0 Å². The molecule has 2 aromatic carbocycles. The van der Waals surface area contributed by atoms with E-state index in [4.69, 9.17) is 11.6 Å². The molecular formula is C18H19ClOS. The minimum absolute atomic E-state index is 0.0441. The lowest BCUT2D eigenvalue weighted by molar-refractivity contribution is 0.101. The second-order valence-corrected chi connectivity index (χ2v) is 6.79. The van der Waals surface area contributed by atoms with E-state index in [1.54, 1.807) is 12.1 Å². The first-order chi connectivity index (χ1) is 10.2. The van der Waals surface area contributed by atoms with Crippen LogP contribution in [0, 0.1) is 0 Å². The van der Waals surface area contributed by atoms with E-state index >= 15 is 0 Å². The monoisotopic (exact) mass is 318 g/mol. The summed E-state index contributed by atoms with van der Waals surface area (Å²) in [5.74, 6) is -0.0441. The molecule has 0 spiro atoms. The molecular weight excluding hydrogens is 300 g/mol. The van der Waals surface area contributed by atoms with Crippen molar-refractivity contribution in [2.24, 2.45) is 0 Å².